The molecule has 6 nitrogen and oxygen atoms in total. The summed E-state index contributed by atoms with van der Waals surface area (Å²) in [5, 5.41) is 1.04. The highest BCUT2D eigenvalue weighted by molar-refractivity contribution is 5.93. The van der Waals surface area contributed by atoms with Crippen molar-refractivity contribution in [2.75, 3.05) is 39.5 Å². The first kappa shape index (κ1) is 16.5. The lowest BCUT2D eigenvalue weighted by molar-refractivity contribution is 0.0364. The predicted molar refractivity (Wildman–Crippen MR) is 94.9 cm³/mol. The van der Waals surface area contributed by atoms with Crippen molar-refractivity contribution in [3.8, 4) is 0 Å². The lowest BCUT2D eigenvalue weighted by Crippen LogP contribution is -2.38. The molecule has 2 aromatic heterocycles. The molecule has 1 aliphatic heterocycles. The minimum absolute atomic E-state index is 0.300. The Hall–Kier alpha value is -1.92. The summed E-state index contributed by atoms with van der Waals surface area (Å²) in [4.78, 5) is 19.0. The highest BCUT2D eigenvalue weighted by Crippen LogP contribution is 2.42. The van der Waals surface area contributed by atoms with Gasteiger partial charge in [-0.15, -0.1) is 0 Å². The van der Waals surface area contributed by atoms with Crippen LogP contribution in [0.1, 0.15) is 41.7 Å². The van der Waals surface area contributed by atoms with E-state index in [-0.39, 0.29) is 5.97 Å². The van der Waals surface area contributed by atoms with Gasteiger partial charge >= 0.3 is 5.97 Å². The SMILES string of the molecule is CCOC(=O)c1cnc2c(c1)cc(C1CC1)n2CCN1CCOCC1. The Kier molecular flexibility index (Phi) is 4.72. The number of carbonyl (C=O) groups is 1. The fraction of sp³-hybridized carbons (Fsp3) is 0.579. The summed E-state index contributed by atoms with van der Waals surface area (Å²) >= 11 is 0. The molecule has 0 bridgehead atoms. The molecule has 1 saturated heterocycles. The van der Waals surface area contributed by atoms with Gasteiger partial charge in [0.15, 0.2) is 0 Å². The van der Waals surface area contributed by atoms with E-state index in [0.717, 1.165) is 50.4 Å². The largest absolute Gasteiger partial charge is 0.462 e. The molecule has 2 aliphatic rings. The number of hydrogen-bond acceptors (Lipinski definition) is 5. The number of ether oxygens (including phenoxy) is 2. The summed E-state index contributed by atoms with van der Waals surface area (Å²) in [6.07, 6.45) is 4.14. The molecule has 6 heteroatoms. The van der Waals surface area contributed by atoms with Gasteiger partial charge in [-0.3, -0.25) is 4.90 Å². The van der Waals surface area contributed by atoms with E-state index >= 15 is 0 Å². The zero-order chi connectivity index (χ0) is 17.2. The number of pyridine rings is 1. The monoisotopic (exact) mass is 343 g/mol. The molecule has 2 fully saturated rings. The van der Waals surface area contributed by atoms with E-state index in [0.29, 0.717) is 18.1 Å². The average Bonchev–Trinajstić information content (AvgIpc) is 3.42. The predicted octanol–water partition coefficient (Wildman–Crippen LogP) is 2.42. The summed E-state index contributed by atoms with van der Waals surface area (Å²) in [6, 6.07) is 4.12. The molecule has 0 N–H and O–H groups in total. The van der Waals surface area contributed by atoms with Crippen LogP contribution in [0.3, 0.4) is 0 Å². The van der Waals surface area contributed by atoms with Gasteiger partial charge in [-0.2, -0.15) is 0 Å². The minimum Gasteiger partial charge on any atom is -0.462 e. The summed E-state index contributed by atoms with van der Waals surface area (Å²) < 4.78 is 12.9. The molecule has 0 amide bonds. The van der Waals surface area contributed by atoms with Crippen LogP contribution in [0.4, 0.5) is 0 Å². The second-order valence-corrected chi connectivity index (χ2v) is 6.81. The summed E-state index contributed by atoms with van der Waals surface area (Å²) in [7, 11) is 0. The van der Waals surface area contributed by atoms with Gasteiger partial charge in [0.05, 0.1) is 25.4 Å². The van der Waals surface area contributed by atoms with Crippen LogP contribution in [0.15, 0.2) is 18.3 Å². The molecule has 25 heavy (non-hydrogen) atoms. The number of fused-ring (bicyclic) bond motifs is 1. The fourth-order valence-corrected chi connectivity index (χ4v) is 3.51. The highest BCUT2D eigenvalue weighted by Gasteiger charge is 2.28. The molecule has 3 heterocycles. The van der Waals surface area contributed by atoms with E-state index in [1.807, 2.05) is 13.0 Å². The zero-order valence-electron chi connectivity index (χ0n) is 14.7. The van der Waals surface area contributed by atoms with Gasteiger partial charge in [-0.25, -0.2) is 9.78 Å². The number of nitrogens with zero attached hydrogens (tertiary/aromatic N) is 3. The van der Waals surface area contributed by atoms with E-state index in [2.05, 4.69) is 20.5 Å². The number of carbonyl (C=O) groups excluding carboxylic acids is 1. The van der Waals surface area contributed by atoms with Crippen LogP contribution in [0.5, 0.6) is 0 Å². The first-order valence-corrected chi connectivity index (χ1v) is 9.22. The smallest absolute Gasteiger partial charge is 0.339 e. The molecule has 1 saturated carbocycles. The van der Waals surface area contributed by atoms with E-state index < -0.39 is 0 Å². The normalized spacial score (nSPS) is 18.6. The fourth-order valence-electron chi connectivity index (χ4n) is 3.51. The molecule has 0 atom stereocenters. The molecular formula is C19H25N3O3. The second kappa shape index (κ2) is 7.14. The van der Waals surface area contributed by atoms with Crippen molar-refractivity contribution >= 4 is 17.0 Å². The Morgan fingerprint density at radius 3 is 2.80 bits per heavy atom. The van der Waals surface area contributed by atoms with Crippen molar-refractivity contribution in [3.63, 3.8) is 0 Å². The van der Waals surface area contributed by atoms with Crippen LogP contribution < -0.4 is 0 Å². The van der Waals surface area contributed by atoms with Crippen LogP contribution in [-0.2, 0) is 16.0 Å². The maximum atomic E-state index is 12.0. The van der Waals surface area contributed by atoms with E-state index in [1.54, 1.807) is 6.20 Å². The summed E-state index contributed by atoms with van der Waals surface area (Å²) in [5.41, 5.74) is 2.86. The molecule has 1 aliphatic carbocycles. The lowest BCUT2D eigenvalue weighted by atomic mass is 10.2. The third kappa shape index (κ3) is 3.55. The van der Waals surface area contributed by atoms with Crippen molar-refractivity contribution in [1.29, 1.82) is 0 Å². The Balaban J connectivity index is 1.59. The van der Waals surface area contributed by atoms with Gasteiger partial charge in [0.25, 0.3) is 0 Å². The average molecular weight is 343 g/mol. The van der Waals surface area contributed by atoms with Crippen LogP contribution in [0.25, 0.3) is 11.0 Å². The quantitative estimate of drug-likeness (QED) is 0.754. The van der Waals surface area contributed by atoms with E-state index in [9.17, 15) is 4.79 Å². The van der Waals surface area contributed by atoms with Gasteiger partial charge in [0, 0.05) is 43.5 Å². The summed E-state index contributed by atoms with van der Waals surface area (Å²) in [6.45, 7) is 7.78. The van der Waals surface area contributed by atoms with Crippen molar-refractivity contribution in [2.24, 2.45) is 0 Å². The van der Waals surface area contributed by atoms with Gasteiger partial charge in [-0.05, 0) is 37.8 Å². The van der Waals surface area contributed by atoms with Gasteiger partial charge in [0.2, 0.25) is 0 Å². The molecule has 0 aromatic carbocycles. The van der Waals surface area contributed by atoms with Crippen molar-refractivity contribution in [2.45, 2.75) is 32.2 Å². The molecule has 0 unspecified atom stereocenters. The van der Waals surface area contributed by atoms with Crippen molar-refractivity contribution < 1.29 is 14.3 Å². The van der Waals surface area contributed by atoms with E-state index in [4.69, 9.17) is 9.47 Å². The first-order chi connectivity index (χ1) is 12.3. The Morgan fingerprint density at radius 2 is 2.08 bits per heavy atom. The standard InChI is InChI=1S/C19H25N3O3/c1-2-25-19(23)16-11-15-12-17(14-3-4-14)22(18(15)20-13-16)6-5-21-7-9-24-10-8-21/h11-14H,2-10H2,1H3. The number of rotatable bonds is 6. The van der Waals surface area contributed by atoms with Crippen LogP contribution >= 0.6 is 0 Å². The highest BCUT2D eigenvalue weighted by atomic mass is 16.5. The third-order valence-corrected chi connectivity index (χ3v) is 5.02. The lowest BCUT2D eigenvalue weighted by Gasteiger charge is -2.27. The third-order valence-electron chi connectivity index (χ3n) is 5.02. The topological polar surface area (TPSA) is 56.6 Å². The second-order valence-electron chi connectivity index (χ2n) is 6.81. The maximum absolute atomic E-state index is 12.0. The maximum Gasteiger partial charge on any atom is 0.339 e. The number of hydrogen-bond donors (Lipinski definition) is 0. The number of aromatic nitrogens is 2. The van der Waals surface area contributed by atoms with E-state index in [1.165, 1.54) is 18.5 Å². The molecule has 4 rings (SSSR count). The number of morpholine rings is 1. The van der Waals surface area contributed by atoms with Gasteiger partial charge in [-0.1, -0.05) is 0 Å². The van der Waals surface area contributed by atoms with Crippen molar-refractivity contribution in [3.05, 3.63) is 29.6 Å². The van der Waals surface area contributed by atoms with Crippen molar-refractivity contribution in [1.82, 2.24) is 14.5 Å². The zero-order valence-corrected chi connectivity index (χ0v) is 14.7. The molecule has 0 spiro atoms. The van der Waals surface area contributed by atoms with Crippen LogP contribution in [0.2, 0.25) is 0 Å². The van der Waals surface area contributed by atoms with Crippen LogP contribution in [-0.4, -0.2) is 59.9 Å². The Bertz CT molecular complexity index is 761. The van der Waals surface area contributed by atoms with Gasteiger partial charge in [0.1, 0.15) is 5.65 Å². The van der Waals surface area contributed by atoms with Gasteiger partial charge < -0.3 is 14.0 Å². The molecular weight excluding hydrogens is 318 g/mol. The Morgan fingerprint density at radius 1 is 1.28 bits per heavy atom. The number of esters is 1. The Labute approximate surface area is 147 Å². The van der Waals surface area contributed by atoms with Crippen LogP contribution in [0, 0.1) is 0 Å². The molecule has 0 radical (unpaired) electrons. The minimum atomic E-state index is -0.300. The summed E-state index contributed by atoms with van der Waals surface area (Å²) in [5.74, 6) is 0.343. The first-order valence-electron chi connectivity index (χ1n) is 9.22. The molecule has 2 aromatic rings. The molecule has 134 valence electrons.